The molecule has 0 aliphatic rings. The van der Waals surface area contributed by atoms with Gasteiger partial charge in [0.15, 0.2) is 9.84 Å². The number of anilines is 1. The summed E-state index contributed by atoms with van der Waals surface area (Å²) >= 11 is 0. The predicted molar refractivity (Wildman–Crippen MR) is 64.0 cm³/mol. The fraction of sp³-hybridized carbons (Fsp3) is 0.455. The Kier molecular flexibility index (Phi) is 4.76. The lowest BCUT2D eigenvalue weighted by Gasteiger charge is -2.04. The number of nitrogen functional groups attached to an aromatic ring is 1. The second kappa shape index (κ2) is 5.86. The van der Waals surface area contributed by atoms with Crippen molar-refractivity contribution in [2.24, 2.45) is 0 Å². The first-order chi connectivity index (χ1) is 7.56. The van der Waals surface area contributed by atoms with E-state index in [1.165, 1.54) is 6.07 Å². The highest BCUT2D eigenvalue weighted by Crippen LogP contribution is 2.15. The number of methoxy groups -OCH3 is 1. The van der Waals surface area contributed by atoms with Crippen LogP contribution in [0.2, 0.25) is 0 Å². The average Bonchev–Trinajstić information content (AvgIpc) is 2.24. The van der Waals surface area contributed by atoms with Gasteiger partial charge in [0.05, 0.1) is 10.6 Å². The molecule has 0 amide bonds. The first-order valence-corrected chi connectivity index (χ1v) is 6.79. The SMILES string of the molecule is COCCCCS(=O)(=O)c1cccc(N)c1. The largest absolute Gasteiger partial charge is 0.399 e. The highest BCUT2D eigenvalue weighted by atomic mass is 32.2. The van der Waals surface area contributed by atoms with Crippen molar-refractivity contribution < 1.29 is 13.2 Å². The Bertz CT molecular complexity index is 429. The van der Waals surface area contributed by atoms with Gasteiger partial charge in [0, 0.05) is 19.4 Å². The zero-order chi connectivity index (χ0) is 12.0. The average molecular weight is 243 g/mol. The Hall–Kier alpha value is -1.07. The summed E-state index contributed by atoms with van der Waals surface area (Å²) in [6.45, 7) is 0.590. The molecule has 0 radical (unpaired) electrons. The number of nitrogens with two attached hydrogens (primary N) is 1. The second-order valence-electron chi connectivity index (χ2n) is 3.59. The molecule has 0 spiro atoms. The Morgan fingerprint density at radius 3 is 2.69 bits per heavy atom. The minimum Gasteiger partial charge on any atom is -0.399 e. The zero-order valence-electron chi connectivity index (χ0n) is 9.35. The van der Waals surface area contributed by atoms with Gasteiger partial charge in [-0.3, -0.25) is 0 Å². The van der Waals surface area contributed by atoms with Crippen LogP contribution in [0.3, 0.4) is 0 Å². The maximum Gasteiger partial charge on any atom is 0.178 e. The quantitative estimate of drug-likeness (QED) is 0.606. The monoisotopic (exact) mass is 243 g/mol. The van der Waals surface area contributed by atoms with E-state index in [2.05, 4.69) is 0 Å². The van der Waals surface area contributed by atoms with E-state index < -0.39 is 9.84 Å². The van der Waals surface area contributed by atoms with E-state index in [9.17, 15) is 8.42 Å². The van der Waals surface area contributed by atoms with Gasteiger partial charge in [-0.25, -0.2) is 8.42 Å². The van der Waals surface area contributed by atoms with Gasteiger partial charge >= 0.3 is 0 Å². The summed E-state index contributed by atoms with van der Waals surface area (Å²) in [7, 11) is -1.60. The van der Waals surface area contributed by atoms with Crippen LogP contribution in [0.15, 0.2) is 29.2 Å². The van der Waals surface area contributed by atoms with E-state index in [1.54, 1.807) is 25.3 Å². The highest BCUT2D eigenvalue weighted by molar-refractivity contribution is 7.91. The molecule has 5 heteroatoms. The van der Waals surface area contributed by atoms with Crippen molar-refractivity contribution in [3.63, 3.8) is 0 Å². The van der Waals surface area contributed by atoms with Crippen LogP contribution in [0.4, 0.5) is 5.69 Å². The number of ether oxygens (including phenoxy) is 1. The van der Waals surface area contributed by atoms with E-state index in [-0.39, 0.29) is 5.75 Å². The van der Waals surface area contributed by atoms with Crippen LogP contribution in [-0.2, 0) is 14.6 Å². The van der Waals surface area contributed by atoms with E-state index >= 15 is 0 Å². The van der Waals surface area contributed by atoms with Crippen molar-refractivity contribution in [3.05, 3.63) is 24.3 Å². The molecule has 0 heterocycles. The van der Waals surface area contributed by atoms with Crippen LogP contribution in [0.25, 0.3) is 0 Å². The Morgan fingerprint density at radius 1 is 1.31 bits per heavy atom. The minimum absolute atomic E-state index is 0.139. The number of sulfone groups is 1. The fourth-order valence-corrected chi connectivity index (χ4v) is 2.79. The highest BCUT2D eigenvalue weighted by Gasteiger charge is 2.13. The van der Waals surface area contributed by atoms with Gasteiger partial charge in [0.25, 0.3) is 0 Å². The molecular weight excluding hydrogens is 226 g/mol. The Labute approximate surface area is 96.3 Å². The smallest absolute Gasteiger partial charge is 0.178 e. The molecule has 4 nitrogen and oxygen atoms in total. The number of rotatable bonds is 6. The number of hydrogen-bond donors (Lipinski definition) is 1. The standard InChI is InChI=1S/C11H17NO3S/c1-15-7-2-3-8-16(13,14)11-6-4-5-10(12)9-11/h4-6,9H,2-3,7-8,12H2,1H3. The summed E-state index contributed by atoms with van der Waals surface area (Å²) in [5, 5.41) is 0. The molecule has 0 bridgehead atoms. The van der Waals surface area contributed by atoms with Gasteiger partial charge in [0.1, 0.15) is 0 Å². The van der Waals surface area contributed by atoms with Gasteiger partial charge in [-0.2, -0.15) is 0 Å². The molecule has 1 rings (SSSR count). The van der Waals surface area contributed by atoms with Crippen LogP contribution in [0, 0.1) is 0 Å². The van der Waals surface area contributed by atoms with Crippen molar-refractivity contribution in [2.45, 2.75) is 17.7 Å². The summed E-state index contributed by atoms with van der Waals surface area (Å²) in [5.41, 5.74) is 6.02. The van der Waals surface area contributed by atoms with Crippen molar-refractivity contribution >= 4 is 15.5 Å². The lowest BCUT2D eigenvalue weighted by molar-refractivity contribution is 0.194. The topological polar surface area (TPSA) is 69.4 Å². The van der Waals surface area contributed by atoms with E-state index in [0.717, 1.165) is 6.42 Å². The van der Waals surface area contributed by atoms with Crippen molar-refractivity contribution in [3.8, 4) is 0 Å². The molecule has 0 atom stereocenters. The van der Waals surface area contributed by atoms with Gasteiger partial charge < -0.3 is 10.5 Å². The third-order valence-corrected chi connectivity index (χ3v) is 4.03. The summed E-state index contributed by atoms with van der Waals surface area (Å²) < 4.78 is 28.6. The van der Waals surface area contributed by atoms with Crippen LogP contribution < -0.4 is 5.73 Å². The molecule has 0 unspecified atom stereocenters. The van der Waals surface area contributed by atoms with Gasteiger partial charge in [-0.05, 0) is 31.0 Å². The molecule has 0 aliphatic carbocycles. The summed E-state index contributed by atoms with van der Waals surface area (Å²) in [5.74, 6) is 0.139. The van der Waals surface area contributed by atoms with Crippen LogP contribution in [0.1, 0.15) is 12.8 Å². The Balaban J connectivity index is 2.64. The number of unbranched alkanes of at least 4 members (excludes halogenated alkanes) is 1. The molecule has 0 aliphatic heterocycles. The third-order valence-electron chi connectivity index (χ3n) is 2.23. The lowest BCUT2D eigenvalue weighted by atomic mass is 10.3. The second-order valence-corrected chi connectivity index (χ2v) is 5.70. The molecule has 2 N–H and O–H groups in total. The van der Waals surface area contributed by atoms with Crippen molar-refractivity contribution in [1.29, 1.82) is 0 Å². The molecule has 16 heavy (non-hydrogen) atoms. The van der Waals surface area contributed by atoms with E-state index in [0.29, 0.717) is 23.6 Å². The predicted octanol–water partition coefficient (Wildman–Crippen LogP) is 1.47. The van der Waals surface area contributed by atoms with Crippen LogP contribution in [-0.4, -0.2) is 27.9 Å². The van der Waals surface area contributed by atoms with Gasteiger partial charge in [-0.1, -0.05) is 6.07 Å². The van der Waals surface area contributed by atoms with Gasteiger partial charge in [0.2, 0.25) is 0 Å². The molecule has 1 aromatic rings. The molecular formula is C11H17NO3S. The summed E-state index contributed by atoms with van der Waals surface area (Å²) in [6, 6.07) is 6.38. The maximum atomic E-state index is 11.9. The summed E-state index contributed by atoms with van der Waals surface area (Å²) in [4.78, 5) is 0.296. The first kappa shape index (κ1) is 13.0. The third kappa shape index (κ3) is 3.83. The number of hydrogen-bond acceptors (Lipinski definition) is 4. The Morgan fingerprint density at radius 2 is 2.06 bits per heavy atom. The van der Waals surface area contributed by atoms with Crippen LogP contribution in [0.5, 0.6) is 0 Å². The molecule has 90 valence electrons. The maximum absolute atomic E-state index is 11.9. The zero-order valence-corrected chi connectivity index (χ0v) is 10.2. The van der Waals surface area contributed by atoms with Gasteiger partial charge in [-0.15, -0.1) is 0 Å². The number of benzene rings is 1. The van der Waals surface area contributed by atoms with E-state index in [4.69, 9.17) is 10.5 Å². The lowest BCUT2D eigenvalue weighted by Crippen LogP contribution is -2.08. The molecule has 0 saturated heterocycles. The van der Waals surface area contributed by atoms with Crippen molar-refractivity contribution in [2.75, 3.05) is 25.2 Å². The fourth-order valence-electron chi connectivity index (χ4n) is 1.36. The molecule has 0 aromatic heterocycles. The normalized spacial score (nSPS) is 11.6. The molecule has 0 saturated carbocycles. The van der Waals surface area contributed by atoms with Crippen molar-refractivity contribution in [1.82, 2.24) is 0 Å². The molecule has 1 aromatic carbocycles. The molecule has 0 fully saturated rings. The first-order valence-electron chi connectivity index (χ1n) is 5.13. The van der Waals surface area contributed by atoms with E-state index in [1.807, 2.05) is 0 Å². The van der Waals surface area contributed by atoms with Crippen LogP contribution >= 0.6 is 0 Å². The summed E-state index contributed by atoms with van der Waals surface area (Å²) in [6.07, 6.45) is 1.35. The minimum atomic E-state index is -3.20.